The number of aliphatic hydroxyl groups excluding tert-OH is 1. The summed E-state index contributed by atoms with van der Waals surface area (Å²) in [6.07, 6.45) is 1.77. The monoisotopic (exact) mass is 281 g/mol. The highest BCUT2D eigenvalue weighted by molar-refractivity contribution is 7.91. The van der Waals surface area contributed by atoms with Crippen molar-refractivity contribution < 1.29 is 13.5 Å². The molecular weight excluding hydrogens is 262 g/mol. The van der Waals surface area contributed by atoms with E-state index in [1.54, 1.807) is 0 Å². The highest BCUT2D eigenvalue weighted by Crippen LogP contribution is 2.32. The molecule has 19 heavy (non-hydrogen) atoms. The second-order valence-electron chi connectivity index (χ2n) is 5.57. The predicted octanol–water partition coefficient (Wildman–Crippen LogP) is 0.811. The van der Waals surface area contributed by atoms with Gasteiger partial charge in [-0.3, -0.25) is 0 Å². The third kappa shape index (κ3) is 2.68. The van der Waals surface area contributed by atoms with E-state index in [0.29, 0.717) is 18.6 Å². The molecule has 0 aromatic heterocycles. The average Bonchev–Trinajstić information content (AvgIpc) is 2.65. The molecular formula is C14H19NO3S. The summed E-state index contributed by atoms with van der Waals surface area (Å²) >= 11 is 0. The van der Waals surface area contributed by atoms with E-state index in [9.17, 15) is 13.5 Å². The first-order valence-corrected chi connectivity index (χ1v) is 8.60. The Balaban J connectivity index is 1.77. The summed E-state index contributed by atoms with van der Waals surface area (Å²) in [5.74, 6) is 0.493. The fourth-order valence-electron chi connectivity index (χ4n) is 3.18. The van der Waals surface area contributed by atoms with Crippen molar-refractivity contribution in [3.05, 3.63) is 35.4 Å². The lowest BCUT2D eigenvalue weighted by molar-refractivity contribution is 0.135. The Morgan fingerprint density at radius 2 is 2.05 bits per heavy atom. The van der Waals surface area contributed by atoms with Crippen LogP contribution in [0.3, 0.4) is 0 Å². The molecule has 4 nitrogen and oxygen atoms in total. The first-order chi connectivity index (χ1) is 9.05. The molecule has 0 bridgehead atoms. The van der Waals surface area contributed by atoms with Crippen molar-refractivity contribution in [2.24, 2.45) is 0 Å². The van der Waals surface area contributed by atoms with E-state index in [4.69, 9.17) is 0 Å². The number of aliphatic hydroxyl groups is 1. The minimum absolute atomic E-state index is 0.0374. The lowest BCUT2D eigenvalue weighted by Crippen LogP contribution is -2.44. The Morgan fingerprint density at radius 1 is 1.26 bits per heavy atom. The van der Waals surface area contributed by atoms with Crippen molar-refractivity contribution in [2.45, 2.75) is 37.5 Å². The molecule has 3 rings (SSSR count). The van der Waals surface area contributed by atoms with Gasteiger partial charge in [-0.2, -0.15) is 0 Å². The smallest absolute Gasteiger partial charge is 0.151 e. The molecule has 3 unspecified atom stereocenters. The van der Waals surface area contributed by atoms with Crippen LogP contribution < -0.4 is 5.32 Å². The minimum Gasteiger partial charge on any atom is -0.391 e. The van der Waals surface area contributed by atoms with E-state index in [1.807, 2.05) is 24.3 Å². The van der Waals surface area contributed by atoms with Crippen molar-refractivity contribution in [3.8, 4) is 0 Å². The number of fused-ring (bicyclic) bond motifs is 1. The van der Waals surface area contributed by atoms with Gasteiger partial charge in [-0.25, -0.2) is 8.42 Å². The topological polar surface area (TPSA) is 66.4 Å². The summed E-state index contributed by atoms with van der Waals surface area (Å²) in [7, 11) is -2.91. The van der Waals surface area contributed by atoms with Crippen LogP contribution >= 0.6 is 0 Å². The molecule has 2 aliphatic rings. The van der Waals surface area contributed by atoms with E-state index in [1.165, 1.54) is 0 Å². The van der Waals surface area contributed by atoms with Crippen LogP contribution in [0.2, 0.25) is 0 Å². The van der Waals surface area contributed by atoms with E-state index >= 15 is 0 Å². The van der Waals surface area contributed by atoms with Crippen LogP contribution in [0.1, 0.15) is 30.0 Å². The van der Waals surface area contributed by atoms with Gasteiger partial charge in [-0.1, -0.05) is 24.3 Å². The zero-order valence-electron chi connectivity index (χ0n) is 10.7. The fraction of sp³-hybridized carbons (Fsp3) is 0.571. The third-order valence-corrected chi connectivity index (χ3v) is 5.90. The van der Waals surface area contributed by atoms with Gasteiger partial charge in [0, 0.05) is 12.5 Å². The molecule has 1 aliphatic carbocycles. The number of benzene rings is 1. The van der Waals surface area contributed by atoms with Crippen molar-refractivity contribution in [1.82, 2.24) is 5.32 Å². The highest BCUT2D eigenvalue weighted by Gasteiger charge is 2.34. The standard InChI is InChI=1S/C14H19NO3S/c16-13-8-10-4-1-2-6-12(10)14(13)15-11-5-3-7-19(17,18)9-11/h1-2,4,6,11,13-16H,3,5,7-9H2. The number of hydrogen-bond donors (Lipinski definition) is 2. The summed E-state index contributed by atoms with van der Waals surface area (Å²) in [4.78, 5) is 0. The summed E-state index contributed by atoms with van der Waals surface area (Å²) in [5, 5.41) is 13.5. The Kier molecular flexibility index (Phi) is 3.37. The van der Waals surface area contributed by atoms with Crippen LogP contribution in [-0.2, 0) is 16.3 Å². The van der Waals surface area contributed by atoms with Crippen molar-refractivity contribution >= 4 is 9.84 Å². The zero-order chi connectivity index (χ0) is 13.5. The average molecular weight is 281 g/mol. The molecule has 1 fully saturated rings. The number of rotatable bonds is 2. The fourth-order valence-corrected chi connectivity index (χ4v) is 4.83. The molecule has 0 saturated carbocycles. The van der Waals surface area contributed by atoms with Crippen LogP contribution in [0, 0.1) is 0 Å². The van der Waals surface area contributed by atoms with Gasteiger partial charge in [0.05, 0.1) is 23.7 Å². The third-order valence-electron chi connectivity index (χ3n) is 4.08. The molecule has 1 saturated heterocycles. The molecule has 3 atom stereocenters. The Bertz CT molecular complexity index is 570. The van der Waals surface area contributed by atoms with Crippen molar-refractivity contribution in [3.63, 3.8) is 0 Å². The number of nitrogens with one attached hydrogen (secondary N) is 1. The Labute approximate surface area is 113 Å². The number of sulfone groups is 1. The van der Waals surface area contributed by atoms with Gasteiger partial charge in [0.1, 0.15) is 0 Å². The molecule has 0 spiro atoms. The van der Waals surface area contributed by atoms with Gasteiger partial charge < -0.3 is 10.4 Å². The van der Waals surface area contributed by atoms with E-state index < -0.39 is 15.9 Å². The molecule has 104 valence electrons. The summed E-state index contributed by atoms with van der Waals surface area (Å²) in [5.41, 5.74) is 2.27. The molecule has 5 heteroatoms. The molecule has 1 heterocycles. The maximum Gasteiger partial charge on any atom is 0.151 e. The molecule has 1 aromatic carbocycles. The van der Waals surface area contributed by atoms with Crippen LogP contribution in [0.25, 0.3) is 0 Å². The van der Waals surface area contributed by atoms with Crippen LogP contribution in [0.4, 0.5) is 0 Å². The quantitative estimate of drug-likeness (QED) is 0.842. The first-order valence-electron chi connectivity index (χ1n) is 6.77. The van der Waals surface area contributed by atoms with Crippen LogP contribution in [0.5, 0.6) is 0 Å². The normalized spacial score (nSPS) is 33.0. The summed E-state index contributed by atoms with van der Waals surface area (Å²) in [6, 6.07) is 7.81. The lowest BCUT2D eigenvalue weighted by Gasteiger charge is -2.28. The van der Waals surface area contributed by atoms with Gasteiger partial charge >= 0.3 is 0 Å². The van der Waals surface area contributed by atoms with Gasteiger partial charge in [-0.05, 0) is 24.0 Å². The van der Waals surface area contributed by atoms with Gasteiger partial charge in [0.2, 0.25) is 0 Å². The first kappa shape index (κ1) is 13.1. The highest BCUT2D eigenvalue weighted by atomic mass is 32.2. The molecule has 0 radical (unpaired) electrons. The van der Waals surface area contributed by atoms with E-state index in [2.05, 4.69) is 5.32 Å². The van der Waals surface area contributed by atoms with Crippen molar-refractivity contribution in [1.29, 1.82) is 0 Å². The molecule has 2 N–H and O–H groups in total. The molecule has 1 aromatic rings. The largest absolute Gasteiger partial charge is 0.391 e. The zero-order valence-corrected chi connectivity index (χ0v) is 11.6. The van der Waals surface area contributed by atoms with Gasteiger partial charge in [0.25, 0.3) is 0 Å². The van der Waals surface area contributed by atoms with E-state index in [0.717, 1.165) is 17.5 Å². The predicted molar refractivity (Wildman–Crippen MR) is 73.7 cm³/mol. The van der Waals surface area contributed by atoms with E-state index in [-0.39, 0.29) is 17.8 Å². The summed E-state index contributed by atoms with van der Waals surface area (Å²) < 4.78 is 23.3. The number of hydrogen-bond acceptors (Lipinski definition) is 4. The summed E-state index contributed by atoms with van der Waals surface area (Å²) in [6.45, 7) is 0. The minimum atomic E-state index is -2.91. The van der Waals surface area contributed by atoms with Gasteiger partial charge in [-0.15, -0.1) is 0 Å². The lowest BCUT2D eigenvalue weighted by atomic mass is 10.1. The van der Waals surface area contributed by atoms with Crippen LogP contribution in [-0.4, -0.2) is 37.2 Å². The molecule has 1 aliphatic heterocycles. The maximum absolute atomic E-state index is 11.7. The van der Waals surface area contributed by atoms with Gasteiger partial charge in [0.15, 0.2) is 9.84 Å². The molecule has 0 amide bonds. The Hall–Kier alpha value is -0.910. The van der Waals surface area contributed by atoms with Crippen LogP contribution in [0.15, 0.2) is 24.3 Å². The second kappa shape index (κ2) is 4.89. The maximum atomic E-state index is 11.7. The van der Waals surface area contributed by atoms with Crippen molar-refractivity contribution in [2.75, 3.05) is 11.5 Å². The Morgan fingerprint density at radius 3 is 2.84 bits per heavy atom. The SMILES string of the molecule is O=S1(=O)CCCC(NC2c3ccccc3CC2O)C1. The second-order valence-corrected chi connectivity index (χ2v) is 7.80.